The third-order valence-corrected chi connectivity index (χ3v) is 5.28. The van der Waals surface area contributed by atoms with Crippen molar-refractivity contribution >= 4 is 11.9 Å². The fraction of sp³-hybridized carbons (Fsp3) is 0.722. The topological polar surface area (TPSA) is 66.1 Å². The Labute approximate surface area is 138 Å². The van der Waals surface area contributed by atoms with Gasteiger partial charge in [-0.3, -0.25) is 5.32 Å². The summed E-state index contributed by atoms with van der Waals surface area (Å²) in [6.07, 6.45) is 10.7. The van der Waals surface area contributed by atoms with Crippen LogP contribution >= 0.6 is 0 Å². The zero-order valence-corrected chi connectivity index (χ0v) is 14.3. The van der Waals surface area contributed by atoms with Crippen LogP contribution in [0, 0.1) is 6.92 Å². The van der Waals surface area contributed by atoms with Gasteiger partial charge in [-0.05, 0) is 19.8 Å². The minimum Gasteiger partial charge on any atom is -0.477 e. The number of hydrogen-bond acceptors (Lipinski definition) is 3. The van der Waals surface area contributed by atoms with Crippen LogP contribution < -0.4 is 9.88 Å². The van der Waals surface area contributed by atoms with Crippen molar-refractivity contribution < 1.29 is 14.5 Å². The van der Waals surface area contributed by atoms with E-state index < -0.39 is 5.97 Å². The lowest BCUT2D eigenvalue weighted by Gasteiger charge is -2.26. The number of unbranched alkanes of at least 4 members (excludes halogenated alkanes) is 4. The number of nitrogens with zero attached hydrogens (tertiary/aromatic N) is 2. The minimum atomic E-state index is -0.848. The molecule has 0 saturated heterocycles. The van der Waals surface area contributed by atoms with Gasteiger partial charge in [0.05, 0.1) is 17.8 Å². The van der Waals surface area contributed by atoms with E-state index in [4.69, 9.17) is 0 Å². The van der Waals surface area contributed by atoms with E-state index in [9.17, 15) is 9.90 Å². The molecule has 3 rings (SSSR count). The zero-order valence-electron chi connectivity index (χ0n) is 14.3. The van der Waals surface area contributed by atoms with E-state index in [-0.39, 0.29) is 0 Å². The monoisotopic (exact) mass is 318 g/mol. The highest BCUT2D eigenvalue weighted by Gasteiger charge is 2.41. The van der Waals surface area contributed by atoms with Gasteiger partial charge in [0.1, 0.15) is 11.3 Å². The van der Waals surface area contributed by atoms with Crippen molar-refractivity contribution in [3.05, 3.63) is 17.0 Å². The first-order chi connectivity index (χ1) is 11.1. The van der Waals surface area contributed by atoms with Gasteiger partial charge in [-0.15, -0.1) is 0 Å². The highest BCUT2D eigenvalue weighted by molar-refractivity contribution is 5.89. The van der Waals surface area contributed by atoms with Gasteiger partial charge in [0.2, 0.25) is 0 Å². The highest BCUT2D eigenvalue weighted by Crippen LogP contribution is 2.32. The number of nitrogens with one attached hydrogen (secondary N) is 1. The maximum atomic E-state index is 11.5. The molecule has 3 heterocycles. The maximum absolute atomic E-state index is 11.5. The highest BCUT2D eigenvalue weighted by atomic mass is 16.4. The van der Waals surface area contributed by atoms with Crippen molar-refractivity contribution in [1.29, 1.82) is 0 Å². The molecule has 0 bridgehead atoms. The fourth-order valence-electron chi connectivity index (χ4n) is 4.15. The lowest BCUT2D eigenvalue weighted by Crippen LogP contribution is -2.51. The van der Waals surface area contributed by atoms with Gasteiger partial charge in [-0.1, -0.05) is 44.0 Å². The first-order valence-electron chi connectivity index (χ1n) is 9.06. The van der Waals surface area contributed by atoms with Crippen LogP contribution in [0.2, 0.25) is 0 Å². The lowest BCUT2D eigenvalue weighted by atomic mass is 9.98. The largest absolute Gasteiger partial charge is 0.477 e. The average Bonchev–Trinajstić information content (AvgIpc) is 2.91. The quantitative estimate of drug-likeness (QED) is 0.597. The second-order valence-corrected chi connectivity index (χ2v) is 6.99. The summed E-state index contributed by atoms with van der Waals surface area (Å²) in [4.78, 5) is 16.1. The molecule has 2 atom stereocenters. The second-order valence-electron chi connectivity index (χ2n) is 6.99. The number of aryl methyl sites for hydroxylation is 1. The molecule has 0 saturated carbocycles. The molecule has 1 aromatic heterocycles. The van der Waals surface area contributed by atoms with Crippen molar-refractivity contribution in [3.8, 4) is 0 Å². The Bertz CT molecular complexity index is 600. The Morgan fingerprint density at radius 2 is 2.13 bits per heavy atom. The first kappa shape index (κ1) is 16.2. The summed E-state index contributed by atoms with van der Waals surface area (Å²) in [5, 5.41) is 13.0. The predicted molar refractivity (Wildman–Crippen MR) is 88.9 cm³/mol. The molecular formula is C18H28N3O2+. The summed E-state index contributed by atoms with van der Waals surface area (Å²) in [5.41, 5.74) is 2.01. The van der Waals surface area contributed by atoms with Crippen LogP contribution in [0.1, 0.15) is 86.1 Å². The van der Waals surface area contributed by atoms with Gasteiger partial charge < -0.3 is 5.11 Å². The van der Waals surface area contributed by atoms with Crippen LogP contribution in [0.5, 0.6) is 0 Å². The minimum absolute atomic E-state index is 0.413. The molecule has 0 fully saturated rings. The van der Waals surface area contributed by atoms with E-state index in [1.807, 2.05) is 6.92 Å². The number of carbonyl (C=O) groups is 1. The molecule has 0 amide bonds. The van der Waals surface area contributed by atoms with Crippen molar-refractivity contribution in [2.75, 3.05) is 5.32 Å². The molecule has 0 spiro atoms. The molecule has 0 aromatic carbocycles. The van der Waals surface area contributed by atoms with Crippen molar-refractivity contribution in [2.45, 2.75) is 83.7 Å². The molecule has 2 aliphatic heterocycles. The number of anilines is 1. The molecule has 0 radical (unpaired) electrons. The van der Waals surface area contributed by atoms with Crippen molar-refractivity contribution in [2.24, 2.45) is 0 Å². The summed E-state index contributed by atoms with van der Waals surface area (Å²) < 4.78 is 2.16. The van der Waals surface area contributed by atoms with Gasteiger partial charge in [0, 0.05) is 12.8 Å². The summed E-state index contributed by atoms with van der Waals surface area (Å²) in [5.74, 6) is 0.0359. The molecule has 0 aliphatic carbocycles. The van der Waals surface area contributed by atoms with Gasteiger partial charge in [0.25, 0.3) is 0 Å². The first-order valence-corrected chi connectivity index (χ1v) is 9.06. The number of carboxylic acid groups (broad SMARTS) is 1. The molecule has 126 valence electrons. The van der Waals surface area contributed by atoms with Crippen molar-refractivity contribution in [3.63, 3.8) is 0 Å². The van der Waals surface area contributed by atoms with Crippen LogP contribution in [-0.4, -0.2) is 22.1 Å². The Hall–Kier alpha value is -1.65. The third-order valence-electron chi connectivity index (χ3n) is 5.28. The predicted octanol–water partition coefficient (Wildman–Crippen LogP) is 3.41. The average molecular weight is 318 g/mol. The van der Waals surface area contributed by atoms with Crippen LogP contribution in [0.25, 0.3) is 0 Å². The van der Waals surface area contributed by atoms with E-state index in [0.717, 1.165) is 30.9 Å². The van der Waals surface area contributed by atoms with Crippen LogP contribution in [0.15, 0.2) is 0 Å². The molecule has 5 nitrogen and oxygen atoms in total. The Morgan fingerprint density at radius 3 is 2.87 bits per heavy atom. The lowest BCUT2D eigenvalue weighted by molar-refractivity contribution is -0.710. The Balaban J connectivity index is 1.72. The molecule has 5 heteroatoms. The second kappa shape index (κ2) is 6.85. The fourth-order valence-corrected chi connectivity index (χ4v) is 4.15. The molecule has 1 aromatic rings. The summed E-state index contributed by atoms with van der Waals surface area (Å²) >= 11 is 0. The maximum Gasteiger partial charge on any atom is 0.392 e. The zero-order chi connectivity index (χ0) is 16.4. The normalized spacial score (nSPS) is 21.8. The van der Waals surface area contributed by atoms with Gasteiger partial charge in [-0.2, -0.15) is 0 Å². The third kappa shape index (κ3) is 3.19. The van der Waals surface area contributed by atoms with E-state index >= 15 is 0 Å². The number of rotatable bonds is 7. The van der Waals surface area contributed by atoms with Crippen LogP contribution in [0.3, 0.4) is 0 Å². The van der Waals surface area contributed by atoms with Gasteiger partial charge in [-0.25, -0.2) is 9.36 Å². The molecule has 0 unspecified atom stereocenters. The number of hydrogen-bond donors (Lipinski definition) is 2. The molecular weight excluding hydrogens is 290 g/mol. The Kier molecular flexibility index (Phi) is 4.83. The van der Waals surface area contributed by atoms with Gasteiger partial charge >= 0.3 is 11.9 Å². The van der Waals surface area contributed by atoms with Gasteiger partial charge in [0.15, 0.2) is 0 Å². The SMILES string of the molecule is CCCCCCC[C@@H]1C[C@@H]2CCc3c(C(=O)O)c(C)nc([n+]32)N1. The van der Waals surface area contributed by atoms with E-state index in [2.05, 4.69) is 21.8 Å². The van der Waals surface area contributed by atoms with Crippen LogP contribution in [0.4, 0.5) is 5.95 Å². The number of aromatic carboxylic acids is 1. The van der Waals surface area contributed by atoms with E-state index in [1.165, 1.54) is 38.5 Å². The van der Waals surface area contributed by atoms with Crippen LogP contribution in [-0.2, 0) is 6.42 Å². The Morgan fingerprint density at radius 1 is 1.35 bits per heavy atom. The molecule has 2 N–H and O–H groups in total. The number of carboxylic acids is 1. The summed E-state index contributed by atoms with van der Waals surface area (Å²) in [6.45, 7) is 4.05. The summed E-state index contributed by atoms with van der Waals surface area (Å²) in [6, 6.07) is 0.906. The van der Waals surface area contributed by atoms with E-state index in [0.29, 0.717) is 23.3 Å². The van der Waals surface area contributed by atoms with Crippen molar-refractivity contribution in [1.82, 2.24) is 4.98 Å². The smallest absolute Gasteiger partial charge is 0.392 e. The number of aromatic nitrogens is 2. The summed E-state index contributed by atoms with van der Waals surface area (Å²) in [7, 11) is 0. The molecule has 2 aliphatic rings. The molecule has 23 heavy (non-hydrogen) atoms. The van der Waals surface area contributed by atoms with E-state index in [1.54, 1.807) is 0 Å². The standard InChI is InChI=1S/C18H27N3O2/c1-3-4-5-6-7-8-13-11-14-9-10-15-16(17(22)23)12(2)19-18(20-13)21(14)15/h13-14H,3-11H2,1-2H3,(H,22,23)/p+1/t13-,14+/m1/s1.